The molecule has 88 valence electrons. The van der Waals surface area contributed by atoms with Crippen LogP contribution >= 0.6 is 0 Å². The zero-order valence-electron chi connectivity index (χ0n) is 10.4. The van der Waals surface area contributed by atoms with E-state index in [4.69, 9.17) is 0 Å². The van der Waals surface area contributed by atoms with E-state index in [9.17, 15) is 5.11 Å². The summed E-state index contributed by atoms with van der Waals surface area (Å²) in [6.45, 7) is 10.7. The average Bonchev–Trinajstić information content (AvgIpc) is 2.25. The highest BCUT2D eigenvalue weighted by Crippen LogP contribution is 2.20. The predicted molar refractivity (Wildman–Crippen MR) is 69.8 cm³/mol. The van der Waals surface area contributed by atoms with E-state index in [-0.39, 0.29) is 0 Å². The molecule has 0 saturated heterocycles. The van der Waals surface area contributed by atoms with Crippen LogP contribution in [0.15, 0.2) is 36.9 Å². The fourth-order valence-corrected chi connectivity index (χ4v) is 1.70. The van der Waals surface area contributed by atoms with E-state index in [1.54, 1.807) is 6.92 Å². The first-order valence-corrected chi connectivity index (χ1v) is 5.71. The summed E-state index contributed by atoms with van der Waals surface area (Å²) < 4.78 is 0. The highest BCUT2D eigenvalue weighted by Gasteiger charge is 2.09. The normalized spacial score (nSPS) is 12.6. The van der Waals surface area contributed by atoms with Crippen molar-refractivity contribution in [3.8, 4) is 0 Å². The van der Waals surface area contributed by atoms with Crippen molar-refractivity contribution in [2.45, 2.75) is 32.9 Å². The number of benzene rings is 1. The molecule has 0 aliphatic rings. The molecule has 0 unspecified atom stereocenters. The van der Waals surface area contributed by atoms with Crippen molar-refractivity contribution in [1.82, 2.24) is 0 Å². The lowest BCUT2D eigenvalue weighted by molar-refractivity contribution is 0.199. The number of hydrogen-bond donors (Lipinski definition) is 1. The maximum absolute atomic E-state index is 9.44. The van der Waals surface area contributed by atoms with Gasteiger partial charge < -0.3 is 10.0 Å². The van der Waals surface area contributed by atoms with Gasteiger partial charge in [0.2, 0.25) is 0 Å². The quantitative estimate of drug-likeness (QED) is 0.769. The number of aliphatic hydroxyl groups is 1. The standard InChI is InChI=1S/C14H21NO/c1-5-10-15(11(2)3)14-8-6-13(7-9-14)12(4)16/h5-9,11-12,16H,1,10H2,2-4H3/t12-/m1/s1. The van der Waals surface area contributed by atoms with E-state index in [0.29, 0.717) is 6.04 Å². The molecule has 2 heteroatoms. The summed E-state index contributed by atoms with van der Waals surface area (Å²) >= 11 is 0. The molecule has 1 atom stereocenters. The van der Waals surface area contributed by atoms with Crippen LogP contribution in [-0.4, -0.2) is 17.7 Å². The second-order valence-corrected chi connectivity index (χ2v) is 4.30. The Balaban J connectivity index is 2.89. The summed E-state index contributed by atoms with van der Waals surface area (Å²) in [6, 6.07) is 8.48. The first-order valence-electron chi connectivity index (χ1n) is 5.71. The van der Waals surface area contributed by atoms with Gasteiger partial charge in [0.05, 0.1) is 6.10 Å². The van der Waals surface area contributed by atoms with Crippen molar-refractivity contribution in [3.63, 3.8) is 0 Å². The first-order chi connectivity index (χ1) is 7.56. The van der Waals surface area contributed by atoms with Crippen molar-refractivity contribution in [2.24, 2.45) is 0 Å². The van der Waals surface area contributed by atoms with Gasteiger partial charge in [0.1, 0.15) is 0 Å². The Labute approximate surface area is 98.2 Å². The molecule has 1 N–H and O–H groups in total. The maximum atomic E-state index is 9.44. The number of hydrogen-bond acceptors (Lipinski definition) is 2. The minimum absolute atomic E-state index is 0.402. The molecule has 0 radical (unpaired) electrons. The number of nitrogens with zero attached hydrogens (tertiary/aromatic N) is 1. The molecule has 0 fully saturated rings. The van der Waals surface area contributed by atoms with Gasteiger partial charge in [-0.3, -0.25) is 0 Å². The molecule has 1 aromatic carbocycles. The lowest BCUT2D eigenvalue weighted by atomic mass is 10.1. The molecule has 16 heavy (non-hydrogen) atoms. The van der Waals surface area contributed by atoms with Gasteiger partial charge in [0.25, 0.3) is 0 Å². The van der Waals surface area contributed by atoms with E-state index in [1.807, 2.05) is 30.3 Å². The van der Waals surface area contributed by atoms with Crippen molar-refractivity contribution < 1.29 is 5.11 Å². The van der Waals surface area contributed by atoms with Crippen LogP contribution in [0, 0.1) is 0 Å². The third-order valence-corrected chi connectivity index (χ3v) is 2.66. The second kappa shape index (κ2) is 5.71. The van der Waals surface area contributed by atoms with Crippen LogP contribution in [0.2, 0.25) is 0 Å². The van der Waals surface area contributed by atoms with Gasteiger partial charge in [-0.2, -0.15) is 0 Å². The highest BCUT2D eigenvalue weighted by atomic mass is 16.3. The van der Waals surface area contributed by atoms with Gasteiger partial charge in [0.15, 0.2) is 0 Å². The molecule has 0 bridgehead atoms. The van der Waals surface area contributed by atoms with Crippen molar-refractivity contribution in [1.29, 1.82) is 0 Å². The van der Waals surface area contributed by atoms with E-state index >= 15 is 0 Å². The van der Waals surface area contributed by atoms with Crippen LogP contribution in [0.4, 0.5) is 5.69 Å². The maximum Gasteiger partial charge on any atom is 0.0761 e. The molecule has 0 saturated carbocycles. The molecule has 0 aliphatic carbocycles. The van der Waals surface area contributed by atoms with Gasteiger partial charge in [-0.05, 0) is 38.5 Å². The Hall–Kier alpha value is -1.28. The number of aliphatic hydroxyl groups excluding tert-OH is 1. The average molecular weight is 219 g/mol. The second-order valence-electron chi connectivity index (χ2n) is 4.30. The van der Waals surface area contributed by atoms with Gasteiger partial charge in [-0.1, -0.05) is 18.2 Å². The largest absolute Gasteiger partial charge is 0.389 e. The topological polar surface area (TPSA) is 23.5 Å². The molecule has 0 heterocycles. The van der Waals surface area contributed by atoms with Gasteiger partial charge in [-0.15, -0.1) is 6.58 Å². The molecular formula is C14H21NO. The van der Waals surface area contributed by atoms with Crippen LogP contribution in [0.3, 0.4) is 0 Å². The van der Waals surface area contributed by atoms with Gasteiger partial charge >= 0.3 is 0 Å². The fraction of sp³-hybridized carbons (Fsp3) is 0.429. The Morgan fingerprint density at radius 1 is 1.25 bits per heavy atom. The first kappa shape index (κ1) is 12.8. The lowest BCUT2D eigenvalue weighted by Gasteiger charge is -2.28. The van der Waals surface area contributed by atoms with Crippen LogP contribution in [0.5, 0.6) is 0 Å². The smallest absolute Gasteiger partial charge is 0.0761 e. The number of anilines is 1. The highest BCUT2D eigenvalue weighted by molar-refractivity contribution is 5.49. The van der Waals surface area contributed by atoms with Crippen molar-refractivity contribution in [3.05, 3.63) is 42.5 Å². The SMILES string of the molecule is C=CCN(c1ccc([C@@H](C)O)cc1)C(C)C. The summed E-state index contributed by atoms with van der Waals surface area (Å²) in [5, 5.41) is 9.44. The predicted octanol–water partition coefficient (Wildman–Crippen LogP) is 3.14. The summed E-state index contributed by atoms with van der Waals surface area (Å²) in [6.07, 6.45) is 1.50. The molecule has 1 aromatic rings. The van der Waals surface area contributed by atoms with E-state index in [0.717, 1.165) is 12.1 Å². The van der Waals surface area contributed by atoms with Gasteiger partial charge in [0, 0.05) is 18.3 Å². The number of rotatable bonds is 5. The van der Waals surface area contributed by atoms with Gasteiger partial charge in [-0.25, -0.2) is 0 Å². The third-order valence-electron chi connectivity index (χ3n) is 2.66. The van der Waals surface area contributed by atoms with E-state index in [2.05, 4.69) is 25.3 Å². The monoisotopic (exact) mass is 219 g/mol. The minimum atomic E-state index is -0.402. The Morgan fingerprint density at radius 3 is 2.19 bits per heavy atom. The van der Waals surface area contributed by atoms with Crippen LogP contribution in [0.25, 0.3) is 0 Å². The molecule has 0 amide bonds. The van der Waals surface area contributed by atoms with E-state index < -0.39 is 6.10 Å². The molecule has 0 spiro atoms. The minimum Gasteiger partial charge on any atom is -0.389 e. The lowest BCUT2D eigenvalue weighted by Crippen LogP contribution is -2.30. The van der Waals surface area contributed by atoms with Crippen LogP contribution < -0.4 is 4.90 Å². The summed E-state index contributed by atoms with van der Waals surface area (Å²) in [5.74, 6) is 0. The molecule has 0 aliphatic heterocycles. The molecule has 1 rings (SSSR count). The van der Waals surface area contributed by atoms with Crippen LogP contribution in [-0.2, 0) is 0 Å². The Morgan fingerprint density at radius 2 is 1.81 bits per heavy atom. The Kier molecular flexibility index (Phi) is 4.56. The Bertz CT molecular complexity index is 327. The molecular weight excluding hydrogens is 198 g/mol. The van der Waals surface area contributed by atoms with Crippen LogP contribution in [0.1, 0.15) is 32.4 Å². The molecule has 2 nitrogen and oxygen atoms in total. The molecule has 0 aromatic heterocycles. The fourth-order valence-electron chi connectivity index (χ4n) is 1.70. The summed E-state index contributed by atoms with van der Waals surface area (Å²) in [7, 11) is 0. The zero-order valence-corrected chi connectivity index (χ0v) is 10.4. The van der Waals surface area contributed by atoms with E-state index in [1.165, 1.54) is 5.69 Å². The summed E-state index contributed by atoms with van der Waals surface area (Å²) in [4.78, 5) is 2.26. The summed E-state index contributed by atoms with van der Waals surface area (Å²) in [5.41, 5.74) is 2.12. The van der Waals surface area contributed by atoms with Crippen molar-refractivity contribution in [2.75, 3.05) is 11.4 Å². The zero-order chi connectivity index (χ0) is 12.1. The van der Waals surface area contributed by atoms with Crippen molar-refractivity contribution >= 4 is 5.69 Å². The third kappa shape index (κ3) is 3.11.